The van der Waals surface area contributed by atoms with Crippen LogP contribution < -0.4 is 5.73 Å². The number of rotatable bonds is 6. The zero-order valence-electron chi connectivity index (χ0n) is 13.4. The molecule has 0 spiro atoms. The van der Waals surface area contributed by atoms with Gasteiger partial charge in [-0.15, -0.1) is 0 Å². The van der Waals surface area contributed by atoms with E-state index < -0.39 is 0 Å². The van der Waals surface area contributed by atoms with Crippen LogP contribution in [0.5, 0.6) is 0 Å². The number of fused-ring (bicyclic) bond motifs is 1. The predicted octanol–water partition coefficient (Wildman–Crippen LogP) is 2.99. The number of benzene rings is 1. The van der Waals surface area contributed by atoms with Crippen LogP contribution in [0.1, 0.15) is 31.4 Å². The van der Waals surface area contributed by atoms with Crippen molar-refractivity contribution in [2.24, 2.45) is 5.73 Å². The Hall–Kier alpha value is -0.420. The van der Waals surface area contributed by atoms with Gasteiger partial charge >= 0.3 is 0 Å². The normalized spacial score (nSPS) is 23.1. The molecule has 3 nitrogen and oxygen atoms in total. The third-order valence-electron chi connectivity index (χ3n) is 4.82. The van der Waals surface area contributed by atoms with Crippen molar-refractivity contribution in [3.8, 4) is 0 Å². The van der Waals surface area contributed by atoms with Crippen molar-refractivity contribution >= 4 is 15.9 Å². The lowest BCUT2D eigenvalue weighted by molar-refractivity contribution is 0.0119. The molecule has 0 heterocycles. The Morgan fingerprint density at radius 3 is 2.81 bits per heavy atom. The van der Waals surface area contributed by atoms with E-state index >= 15 is 0 Å². The van der Waals surface area contributed by atoms with E-state index in [2.05, 4.69) is 52.9 Å². The highest BCUT2D eigenvalue weighted by atomic mass is 79.9. The summed E-state index contributed by atoms with van der Waals surface area (Å²) in [7, 11) is 1.77. The summed E-state index contributed by atoms with van der Waals surface area (Å²) in [5, 5.41) is 0. The highest BCUT2D eigenvalue weighted by Gasteiger charge is 2.40. The highest BCUT2D eigenvalue weighted by molar-refractivity contribution is 9.10. The van der Waals surface area contributed by atoms with Crippen LogP contribution in [0, 0.1) is 0 Å². The molecule has 118 valence electrons. The van der Waals surface area contributed by atoms with Crippen LogP contribution >= 0.6 is 15.9 Å². The second kappa shape index (κ2) is 7.23. The van der Waals surface area contributed by atoms with E-state index in [1.807, 2.05) is 0 Å². The summed E-state index contributed by atoms with van der Waals surface area (Å²) in [6.07, 6.45) is 3.25. The Morgan fingerprint density at radius 2 is 2.19 bits per heavy atom. The molecule has 0 fully saturated rings. The van der Waals surface area contributed by atoms with E-state index in [1.54, 1.807) is 7.11 Å². The third-order valence-corrected chi connectivity index (χ3v) is 5.31. The maximum Gasteiger partial charge on any atom is 0.0615 e. The SMILES string of the molecule is CCN(C(C)COC)C1(CN)CCc2cc(Br)ccc2C1. The van der Waals surface area contributed by atoms with Gasteiger partial charge in [0.2, 0.25) is 0 Å². The van der Waals surface area contributed by atoms with Crippen molar-refractivity contribution < 1.29 is 4.74 Å². The number of nitrogens with zero attached hydrogens (tertiary/aromatic N) is 1. The lowest BCUT2D eigenvalue weighted by Crippen LogP contribution is -2.60. The molecule has 1 aliphatic rings. The van der Waals surface area contributed by atoms with Crippen molar-refractivity contribution in [1.82, 2.24) is 4.90 Å². The number of likely N-dealkylation sites (N-methyl/N-ethyl adjacent to an activating group) is 1. The summed E-state index contributed by atoms with van der Waals surface area (Å²) in [6.45, 7) is 6.92. The summed E-state index contributed by atoms with van der Waals surface area (Å²) in [6, 6.07) is 7.03. The smallest absolute Gasteiger partial charge is 0.0615 e. The molecule has 2 unspecified atom stereocenters. The standard InChI is InChI=1S/C17H27BrN2O/c1-4-20(13(2)11-21-3)17(12-19)8-7-14-9-16(18)6-5-15(14)10-17/h5-6,9,13H,4,7-8,10-12,19H2,1-3H3. The fourth-order valence-electron chi connectivity index (χ4n) is 3.79. The second-order valence-corrected chi connectivity index (χ2v) is 7.02. The molecule has 0 amide bonds. The Labute approximate surface area is 137 Å². The first kappa shape index (κ1) is 16.9. The molecule has 2 N–H and O–H groups in total. The number of hydrogen-bond donors (Lipinski definition) is 1. The van der Waals surface area contributed by atoms with Gasteiger partial charge < -0.3 is 10.5 Å². The molecule has 1 aromatic carbocycles. The molecule has 2 atom stereocenters. The minimum Gasteiger partial charge on any atom is -0.383 e. The molecule has 0 radical (unpaired) electrons. The average molecular weight is 355 g/mol. The summed E-state index contributed by atoms with van der Waals surface area (Å²) < 4.78 is 6.53. The maximum absolute atomic E-state index is 6.24. The fraction of sp³-hybridized carbons (Fsp3) is 0.647. The van der Waals surface area contributed by atoms with Gasteiger partial charge in [-0.3, -0.25) is 4.90 Å². The summed E-state index contributed by atoms with van der Waals surface area (Å²) in [5.41, 5.74) is 9.21. The fourth-order valence-corrected chi connectivity index (χ4v) is 4.20. The van der Waals surface area contributed by atoms with Crippen molar-refractivity contribution in [1.29, 1.82) is 0 Å². The van der Waals surface area contributed by atoms with E-state index in [0.717, 1.165) is 32.4 Å². The van der Waals surface area contributed by atoms with Crippen molar-refractivity contribution in [2.45, 2.75) is 44.7 Å². The van der Waals surface area contributed by atoms with Crippen LogP contribution in [-0.2, 0) is 17.6 Å². The third kappa shape index (κ3) is 3.50. The number of halogens is 1. The van der Waals surface area contributed by atoms with Crippen LogP contribution in [0.2, 0.25) is 0 Å². The summed E-state index contributed by atoms with van der Waals surface area (Å²) >= 11 is 3.57. The largest absolute Gasteiger partial charge is 0.383 e. The van der Waals surface area contributed by atoms with E-state index in [1.165, 1.54) is 15.6 Å². The van der Waals surface area contributed by atoms with E-state index in [9.17, 15) is 0 Å². The molecule has 0 saturated carbocycles. The first-order valence-electron chi connectivity index (χ1n) is 7.79. The van der Waals surface area contributed by atoms with Crippen LogP contribution in [0.25, 0.3) is 0 Å². The molecule has 1 aliphatic carbocycles. The number of aryl methyl sites for hydroxylation is 1. The van der Waals surface area contributed by atoms with Crippen molar-refractivity contribution in [2.75, 3.05) is 26.8 Å². The molecule has 0 aromatic heterocycles. The van der Waals surface area contributed by atoms with Crippen LogP contribution in [0.15, 0.2) is 22.7 Å². The molecule has 21 heavy (non-hydrogen) atoms. The number of hydrogen-bond acceptors (Lipinski definition) is 3. The van der Waals surface area contributed by atoms with Gasteiger partial charge in [0.25, 0.3) is 0 Å². The lowest BCUT2D eigenvalue weighted by atomic mass is 9.76. The molecule has 0 bridgehead atoms. The van der Waals surface area contributed by atoms with Gasteiger partial charge in [-0.1, -0.05) is 28.9 Å². The Morgan fingerprint density at radius 1 is 1.43 bits per heavy atom. The van der Waals surface area contributed by atoms with Crippen molar-refractivity contribution in [3.05, 3.63) is 33.8 Å². The Bertz CT molecular complexity index is 480. The van der Waals surface area contributed by atoms with Gasteiger partial charge in [0.05, 0.1) is 6.61 Å². The summed E-state index contributed by atoms with van der Waals surface area (Å²) in [5.74, 6) is 0. The van der Waals surface area contributed by atoms with Crippen molar-refractivity contribution in [3.63, 3.8) is 0 Å². The molecule has 2 rings (SSSR count). The molecule has 4 heteroatoms. The first-order valence-corrected chi connectivity index (χ1v) is 8.58. The number of methoxy groups -OCH3 is 1. The maximum atomic E-state index is 6.24. The van der Waals surface area contributed by atoms with E-state index in [-0.39, 0.29) is 5.54 Å². The topological polar surface area (TPSA) is 38.5 Å². The van der Waals surface area contributed by atoms with Gasteiger partial charge in [0.15, 0.2) is 0 Å². The minimum absolute atomic E-state index is 0.0630. The average Bonchev–Trinajstić information content (AvgIpc) is 2.48. The first-order chi connectivity index (χ1) is 10.1. The summed E-state index contributed by atoms with van der Waals surface area (Å²) in [4.78, 5) is 2.54. The van der Waals surface area contributed by atoms with Gasteiger partial charge in [0, 0.05) is 29.7 Å². The molecular weight excluding hydrogens is 328 g/mol. The van der Waals surface area contributed by atoms with Gasteiger partial charge in [-0.05, 0) is 56.0 Å². The number of nitrogens with two attached hydrogens (primary N) is 1. The number of ether oxygens (including phenoxy) is 1. The molecule has 0 aliphatic heterocycles. The molecular formula is C17H27BrN2O. The highest BCUT2D eigenvalue weighted by Crippen LogP contribution is 2.35. The minimum atomic E-state index is 0.0630. The Kier molecular flexibility index (Phi) is 5.83. The zero-order valence-corrected chi connectivity index (χ0v) is 14.9. The lowest BCUT2D eigenvalue weighted by Gasteiger charge is -2.48. The van der Waals surface area contributed by atoms with Gasteiger partial charge in [0.1, 0.15) is 0 Å². The molecule has 1 aromatic rings. The zero-order chi connectivity index (χ0) is 15.5. The Balaban J connectivity index is 2.28. The van der Waals surface area contributed by atoms with E-state index in [0.29, 0.717) is 12.6 Å². The van der Waals surface area contributed by atoms with Crippen LogP contribution in [-0.4, -0.2) is 43.3 Å². The second-order valence-electron chi connectivity index (χ2n) is 6.11. The van der Waals surface area contributed by atoms with E-state index in [4.69, 9.17) is 10.5 Å². The van der Waals surface area contributed by atoms with Gasteiger partial charge in [-0.2, -0.15) is 0 Å². The van der Waals surface area contributed by atoms with Crippen LogP contribution in [0.3, 0.4) is 0 Å². The molecule has 0 saturated heterocycles. The van der Waals surface area contributed by atoms with Crippen LogP contribution in [0.4, 0.5) is 0 Å². The predicted molar refractivity (Wildman–Crippen MR) is 91.7 cm³/mol. The monoisotopic (exact) mass is 354 g/mol. The van der Waals surface area contributed by atoms with Gasteiger partial charge in [-0.25, -0.2) is 0 Å². The quantitative estimate of drug-likeness (QED) is 0.853.